The zero-order valence-corrected chi connectivity index (χ0v) is 11.7. The van der Waals surface area contributed by atoms with Crippen LogP contribution in [0.2, 0.25) is 5.15 Å². The number of hydrogen-bond donors (Lipinski definition) is 1. The highest BCUT2D eigenvalue weighted by molar-refractivity contribution is 6.30. The quantitative estimate of drug-likeness (QED) is 0.739. The smallest absolute Gasteiger partial charge is 0.138 e. The Kier molecular flexibility index (Phi) is 3.48. The highest BCUT2D eigenvalue weighted by atomic mass is 35.5. The predicted octanol–water partition coefficient (Wildman–Crippen LogP) is 3.98. The molecule has 0 amide bonds. The molecule has 0 atom stereocenters. The van der Waals surface area contributed by atoms with Crippen LogP contribution in [0.1, 0.15) is 12.5 Å². The van der Waals surface area contributed by atoms with Gasteiger partial charge in [0.1, 0.15) is 17.3 Å². The fourth-order valence-corrected chi connectivity index (χ4v) is 2.42. The Hall–Kier alpha value is -2.20. The number of nitrogens with zero attached hydrogens (tertiary/aromatic N) is 3. The first-order chi connectivity index (χ1) is 9.79. The van der Waals surface area contributed by atoms with Gasteiger partial charge in [0, 0.05) is 22.8 Å². The van der Waals surface area contributed by atoms with Crippen molar-refractivity contribution in [1.29, 1.82) is 0 Å². The highest BCUT2D eigenvalue weighted by Crippen LogP contribution is 2.27. The number of rotatable bonds is 3. The van der Waals surface area contributed by atoms with E-state index in [0.29, 0.717) is 5.15 Å². The molecule has 2 aromatic heterocycles. The zero-order valence-electron chi connectivity index (χ0n) is 11.0. The van der Waals surface area contributed by atoms with E-state index in [9.17, 15) is 0 Å². The van der Waals surface area contributed by atoms with Gasteiger partial charge in [-0.15, -0.1) is 0 Å². The number of aromatic nitrogens is 3. The molecule has 0 spiro atoms. The van der Waals surface area contributed by atoms with E-state index >= 15 is 0 Å². The summed E-state index contributed by atoms with van der Waals surface area (Å²) < 4.78 is 0. The molecule has 20 heavy (non-hydrogen) atoms. The third kappa shape index (κ3) is 2.30. The minimum absolute atomic E-state index is 0.489. The van der Waals surface area contributed by atoms with Gasteiger partial charge in [0.15, 0.2) is 0 Å². The molecule has 3 rings (SSSR count). The summed E-state index contributed by atoms with van der Waals surface area (Å²) in [5.74, 6) is 0.740. The minimum Gasteiger partial charge on any atom is -0.339 e. The second-order valence-electron chi connectivity index (χ2n) is 4.35. The van der Waals surface area contributed by atoms with Gasteiger partial charge in [-0.25, -0.2) is 9.97 Å². The molecule has 0 bridgehead atoms. The number of hydrogen-bond acceptors (Lipinski definition) is 4. The molecule has 3 aromatic rings. The van der Waals surface area contributed by atoms with Gasteiger partial charge in [-0.3, -0.25) is 4.98 Å². The van der Waals surface area contributed by atoms with E-state index in [1.165, 1.54) is 6.33 Å². The van der Waals surface area contributed by atoms with Gasteiger partial charge >= 0.3 is 0 Å². The molecule has 100 valence electrons. The fourth-order valence-electron chi connectivity index (χ4n) is 2.15. The molecule has 0 radical (unpaired) electrons. The van der Waals surface area contributed by atoms with Crippen molar-refractivity contribution in [3.63, 3.8) is 0 Å². The molecule has 0 aliphatic heterocycles. The van der Waals surface area contributed by atoms with E-state index < -0.39 is 0 Å². The minimum atomic E-state index is 0.489. The third-order valence-electron chi connectivity index (χ3n) is 3.15. The van der Waals surface area contributed by atoms with Gasteiger partial charge in [-0.2, -0.15) is 0 Å². The number of halogens is 1. The first-order valence-electron chi connectivity index (χ1n) is 6.39. The molecule has 0 aliphatic carbocycles. The first-order valence-corrected chi connectivity index (χ1v) is 6.77. The summed E-state index contributed by atoms with van der Waals surface area (Å²) in [4.78, 5) is 12.6. The lowest BCUT2D eigenvalue weighted by Crippen LogP contribution is -2.01. The van der Waals surface area contributed by atoms with Crippen LogP contribution in [0.3, 0.4) is 0 Å². The fraction of sp³-hybridized carbons (Fsp3) is 0.133. The van der Waals surface area contributed by atoms with Crippen LogP contribution in [0.15, 0.2) is 42.9 Å². The van der Waals surface area contributed by atoms with E-state index in [4.69, 9.17) is 11.6 Å². The number of nitrogens with one attached hydrogen (secondary N) is 1. The van der Waals surface area contributed by atoms with Crippen molar-refractivity contribution in [1.82, 2.24) is 15.0 Å². The molecule has 0 aliphatic rings. The van der Waals surface area contributed by atoms with Crippen LogP contribution in [0.25, 0.3) is 10.9 Å². The standard InChI is InChI=1S/C15H13ClN4/c1-2-10-14(16)18-9-19-15(10)20-13-7-3-6-12-11(13)5-4-8-17-12/h3-9H,2H2,1H3,(H,18,19,20). The highest BCUT2D eigenvalue weighted by Gasteiger charge is 2.09. The molecule has 0 saturated carbocycles. The van der Waals surface area contributed by atoms with Gasteiger partial charge in [0.25, 0.3) is 0 Å². The summed E-state index contributed by atoms with van der Waals surface area (Å²) in [5.41, 5.74) is 2.81. The summed E-state index contributed by atoms with van der Waals surface area (Å²) in [7, 11) is 0. The monoisotopic (exact) mass is 284 g/mol. The second kappa shape index (κ2) is 5.43. The maximum Gasteiger partial charge on any atom is 0.138 e. The lowest BCUT2D eigenvalue weighted by Gasteiger charge is -2.12. The van der Waals surface area contributed by atoms with Crippen LogP contribution < -0.4 is 5.32 Å². The molecule has 1 aromatic carbocycles. The molecular weight excluding hydrogens is 272 g/mol. The summed E-state index contributed by atoms with van der Waals surface area (Å²) in [6.07, 6.45) is 4.02. The summed E-state index contributed by atoms with van der Waals surface area (Å²) in [5, 5.41) is 4.87. The molecule has 2 heterocycles. The average Bonchev–Trinajstić information content (AvgIpc) is 2.48. The normalized spacial score (nSPS) is 10.7. The summed E-state index contributed by atoms with van der Waals surface area (Å²) in [6.45, 7) is 2.03. The Morgan fingerprint density at radius 1 is 1.10 bits per heavy atom. The Bertz CT molecular complexity index is 752. The van der Waals surface area contributed by atoms with E-state index in [-0.39, 0.29) is 0 Å². The predicted molar refractivity (Wildman–Crippen MR) is 81.4 cm³/mol. The number of pyridine rings is 1. The third-order valence-corrected chi connectivity index (χ3v) is 3.47. The molecule has 5 heteroatoms. The van der Waals surface area contributed by atoms with Crippen LogP contribution in [-0.2, 0) is 6.42 Å². The molecular formula is C15H13ClN4. The topological polar surface area (TPSA) is 50.7 Å². The van der Waals surface area contributed by atoms with Gasteiger partial charge in [-0.05, 0) is 30.7 Å². The van der Waals surface area contributed by atoms with E-state index in [2.05, 4.69) is 20.3 Å². The van der Waals surface area contributed by atoms with Crippen LogP contribution >= 0.6 is 11.6 Å². The van der Waals surface area contributed by atoms with Crippen LogP contribution in [0.4, 0.5) is 11.5 Å². The van der Waals surface area contributed by atoms with E-state index in [0.717, 1.165) is 34.4 Å². The maximum absolute atomic E-state index is 6.11. The van der Waals surface area contributed by atoms with Gasteiger partial charge < -0.3 is 5.32 Å². The lowest BCUT2D eigenvalue weighted by molar-refractivity contribution is 1.05. The van der Waals surface area contributed by atoms with Crippen molar-refractivity contribution in [3.8, 4) is 0 Å². The van der Waals surface area contributed by atoms with Crippen molar-refractivity contribution in [3.05, 3.63) is 53.6 Å². The summed E-state index contributed by atoms with van der Waals surface area (Å²) in [6, 6.07) is 9.89. The average molecular weight is 285 g/mol. The van der Waals surface area contributed by atoms with Gasteiger partial charge in [0.05, 0.1) is 5.52 Å². The van der Waals surface area contributed by atoms with Gasteiger partial charge in [0.2, 0.25) is 0 Å². The van der Waals surface area contributed by atoms with Crippen LogP contribution in [0, 0.1) is 0 Å². The first kappa shape index (κ1) is 12.8. The van der Waals surface area contributed by atoms with Crippen molar-refractivity contribution < 1.29 is 0 Å². The van der Waals surface area contributed by atoms with Crippen molar-refractivity contribution in [2.75, 3.05) is 5.32 Å². The summed E-state index contributed by atoms with van der Waals surface area (Å²) >= 11 is 6.11. The Balaban J connectivity index is 2.08. The number of anilines is 2. The van der Waals surface area contributed by atoms with Crippen LogP contribution in [-0.4, -0.2) is 15.0 Å². The largest absolute Gasteiger partial charge is 0.339 e. The zero-order chi connectivity index (χ0) is 13.9. The lowest BCUT2D eigenvalue weighted by atomic mass is 10.1. The van der Waals surface area contributed by atoms with Crippen molar-refractivity contribution in [2.45, 2.75) is 13.3 Å². The maximum atomic E-state index is 6.11. The van der Waals surface area contributed by atoms with Crippen molar-refractivity contribution in [2.24, 2.45) is 0 Å². The Morgan fingerprint density at radius 2 is 2.00 bits per heavy atom. The molecule has 0 unspecified atom stereocenters. The Labute approximate surface area is 121 Å². The molecule has 1 N–H and O–H groups in total. The van der Waals surface area contributed by atoms with E-state index in [1.54, 1.807) is 6.20 Å². The second-order valence-corrected chi connectivity index (χ2v) is 4.70. The SMILES string of the molecule is CCc1c(Cl)ncnc1Nc1cccc2ncccc12. The number of fused-ring (bicyclic) bond motifs is 1. The molecule has 4 nitrogen and oxygen atoms in total. The van der Waals surface area contributed by atoms with Crippen molar-refractivity contribution >= 4 is 34.0 Å². The van der Waals surface area contributed by atoms with E-state index in [1.807, 2.05) is 37.3 Å². The van der Waals surface area contributed by atoms with Gasteiger partial charge in [-0.1, -0.05) is 24.6 Å². The number of benzene rings is 1. The molecule has 0 fully saturated rings. The van der Waals surface area contributed by atoms with Crippen LogP contribution in [0.5, 0.6) is 0 Å². The Morgan fingerprint density at radius 3 is 2.85 bits per heavy atom. The molecule has 0 saturated heterocycles.